The SMILES string of the molecule is CC1(C)CC(N)CC(C)(C)N1NC(=O)[C@H](Cc1ccc(OCc2c(Cl)cccc2Cl)cc1)NC(=O)/C=C/c1c(F)c(F)c(F)c(F)c1F. The number of nitrogens with zero attached hydrogens (tertiary/aromatic N) is 1. The molecule has 1 aliphatic heterocycles. The van der Waals surface area contributed by atoms with Gasteiger partial charge in [0.15, 0.2) is 23.3 Å². The zero-order chi connectivity index (χ0) is 35.6. The predicted octanol–water partition coefficient (Wildman–Crippen LogP) is 7.02. The van der Waals surface area contributed by atoms with E-state index in [4.69, 9.17) is 33.7 Å². The zero-order valence-corrected chi connectivity index (χ0v) is 28.1. The molecule has 48 heavy (non-hydrogen) atoms. The second-order valence-corrected chi connectivity index (χ2v) is 13.6. The van der Waals surface area contributed by atoms with Gasteiger partial charge in [0.1, 0.15) is 18.4 Å². The maximum absolute atomic E-state index is 14.2. The second-order valence-electron chi connectivity index (χ2n) is 12.8. The van der Waals surface area contributed by atoms with Crippen LogP contribution < -0.4 is 21.2 Å². The molecule has 0 bridgehead atoms. The molecule has 3 aromatic rings. The number of carbonyl (C=O) groups excluding carboxylic acids is 2. The Morgan fingerprint density at radius 1 is 0.917 bits per heavy atom. The van der Waals surface area contributed by atoms with E-state index in [0.29, 0.717) is 51.9 Å². The molecule has 1 atom stereocenters. The third-order valence-electron chi connectivity index (χ3n) is 8.04. The number of hydrogen-bond donors (Lipinski definition) is 3. The molecule has 3 aromatic carbocycles. The molecule has 0 aromatic heterocycles. The number of piperidine rings is 1. The van der Waals surface area contributed by atoms with Crippen LogP contribution in [0, 0.1) is 29.1 Å². The number of hydrazine groups is 1. The first-order valence-electron chi connectivity index (χ1n) is 14.9. The number of nitrogens with two attached hydrogens (primary N) is 1. The predicted molar refractivity (Wildman–Crippen MR) is 173 cm³/mol. The van der Waals surface area contributed by atoms with Crippen LogP contribution in [0.5, 0.6) is 5.75 Å². The minimum atomic E-state index is -2.32. The van der Waals surface area contributed by atoms with Gasteiger partial charge in [0.25, 0.3) is 5.91 Å². The van der Waals surface area contributed by atoms with Crippen molar-refractivity contribution >= 4 is 41.1 Å². The lowest BCUT2D eigenvalue weighted by Crippen LogP contribution is -2.70. The molecule has 7 nitrogen and oxygen atoms in total. The van der Waals surface area contributed by atoms with Crippen LogP contribution in [-0.4, -0.2) is 40.0 Å². The number of ether oxygens (including phenoxy) is 1. The third kappa shape index (κ3) is 8.46. The lowest BCUT2D eigenvalue weighted by molar-refractivity contribution is -0.143. The van der Waals surface area contributed by atoms with Crippen LogP contribution in [0.25, 0.3) is 6.08 Å². The Morgan fingerprint density at radius 3 is 1.98 bits per heavy atom. The Labute approximate surface area is 285 Å². The van der Waals surface area contributed by atoms with Crippen molar-refractivity contribution in [1.82, 2.24) is 15.8 Å². The van der Waals surface area contributed by atoms with E-state index in [1.54, 1.807) is 47.5 Å². The van der Waals surface area contributed by atoms with Gasteiger partial charge in [0.05, 0.1) is 5.56 Å². The fraction of sp³-hybridized carbons (Fsp3) is 0.353. The molecule has 4 N–H and O–H groups in total. The number of amides is 2. The van der Waals surface area contributed by atoms with Gasteiger partial charge in [-0.1, -0.05) is 41.4 Å². The average Bonchev–Trinajstić information content (AvgIpc) is 3.00. The van der Waals surface area contributed by atoms with E-state index in [1.807, 2.05) is 27.7 Å². The van der Waals surface area contributed by atoms with Gasteiger partial charge in [-0.05, 0) is 76.4 Å². The van der Waals surface area contributed by atoms with Gasteiger partial charge in [-0.15, -0.1) is 0 Å². The van der Waals surface area contributed by atoms with E-state index in [-0.39, 0.29) is 19.1 Å². The number of nitrogens with one attached hydrogen (secondary N) is 2. The molecular formula is C34H35Cl2F5N4O3. The Kier molecular flexibility index (Phi) is 11.5. The van der Waals surface area contributed by atoms with Crippen LogP contribution >= 0.6 is 23.2 Å². The van der Waals surface area contributed by atoms with Crippen LogP contribution in [0.3, 0.4) is 0 Å². The van der Waals surface area contributed by atoms with Gasteiger partial charge >= 0.3 is 0 Å². The van der Waals surface area contributed by atoms with Crippen molar-refractivity contribution < 1.29 is 36.3 Å². The highest BCUT2D eigenvalue weighted by atomic mass is 35.5. The van der Waals surface area contributed by atoms with Crippen molar-refractivity contribution in [3.8, 4) is 5.75 Å². The maximum atomic E-state index is 14.2. The van der Waals surface area contributed by atoms with Gasteiger partial charge in [0.2, 0.25) is 11.7 Å². The molecule has 2 amide bonds. The number of rotatable bonds is 10. The Bertz CT molecular complexity index is 1650. The van der Waals surface area contributed by atoms with Crippen LogP contribution in [0.2, 0.25) is 10.0 Å². The summed E-state index contributed by atoms with van der Waals surface area (Å²) in [6.45, 7) is 7.78. The fourth-order valence-corrected chi connectivity index (χ4v) is 6.49. The summed E-state index contributed by atoms with van der Waals surface area (Å²) in [5, 5.41) is 5.16. The number of hydrogen-bond acceptors (Lipinski definition) is 5. The van der Waals surface area contributed by atoms with E-state index in [1.165, 1.54) is 0 Å². The maximum Gasteiger partial charge on any atom is 0.257 e. The molecular weight excluding hydrogens is 678 g/mol. The molecule has 0 radical (unpaired) electrons. The molecule has 1 fully saturated rings. The van der Waals surface area contributed by atoms with Crippen molar-refractivity contribution in [2.45, 2.75) is 76.7 Å². The first-order chi connectivity index (χ1) is 22.4. The number of carbonyl (C=O) groups is 2. The summed E-state index contributed by atoms with van der Waals surface area (Å²) in [6, 6.07) is 10.4. The molecule has 258 valence electrons. The van der Waals surface area contributed by atoms with E-state index >= 15 is 0 Å². The highest BCUT2D eigenvalue weighted by Crippen LogP contribution is 2.36. The minimum Gasteiger partial charge on any atom is -0.489 e. The average molecular weight is 714 g/mol. The van der Waals surface area contributed by atoms with Gasteiger partial charge in [-0.2, -0.15) is 0 Å². The first-order valence-corrected chi connectivity index (χ1v) is 15.7. The number of halogens is 7. The highest BCUT2D eigenvalue weighted by Gasteiger charge is 2.46. The van der Waals surface area contributed by atoms with Crippen LogP contribution in [0.4, 0.5) is 22.0 Å². The van der Waals surface area contributed by atoms with Crippen molar-refractivity contribution in [3.63, 3.8) is 0 Å². The van der Waals surface area contributed by atoms with Crippen molar-refractivity contribution in [2.75, 3.05) is 0 Å². The molecule has 1 aliphatic rings. The minimum absolute atomic E-state index is 0.0429. The highest BCUT2D eigenvalue weighted by molar-refractivity contribution is 6.35. The summed E-state index contributed by atoms with van der Waals surface area (Å²) in [5.74, 6) is -12.0. The summed E-state index contributed by atoms with van der Waals surface area (Å²) in [4.78, 5) is 26.7. The van der Waals surface area contributed by atoms with Crippen molar-refractivity contribution in [1.29, 1.82) is 0 Å². The van der Waals surface area contributed by atoms with E-state index in [2.05, 4.69) is 10.7 Å². The number of benzene rings is 3. The molecule has 0 unspecified atom stereocenters. The van der Waals surface area contributed by atoms with E-state index in [0.717, 1.165) is 0 Å². The summed E-state index contributed by atoms with van der Waals surface area (Å²) < 4.78 is 75.0. The van der Waals surface area contributed by atoms with Gasteiger partial charge < -0.3 is 15.8 Å². The van der Waals surface area contributed by atoms with Gasteiger partial charge in [-0.3, -0.25) is 15.0 Å². The topological polar surface area (TPSA) is 96.7 Å². The van der Waals surface area contributed by atoms with Crippen LogP contribution in [0.15, 0.2) is 48.5 Å². The zero-order valence-electron chi connectivity index (χ0n) is 26.6. The molecule has 0 saturated carbocycles. The lowest BCUT2D eigenvalue weighted by atomic mass is 9.79. The van der Waals surface area contributed by atoms with Gasteiger partial charge in [-0.25, -0.2) is 27.0 Å². The molecule has 1 saturated heterocycles. The second kappa shape index (κ2) is 14.8. The molecule has 4 rings (SSSR count). The quantitative estimate of drug-likeness (QED) is 0.0909. The Balaban J connectivity index is 1.56. The van der Waals surface area contributed by atoms with Crippen molar-refractivity contribution in [2.24, 2.45) is 5.73 Å². The molecule has 1 heterocycles. The lowest BCUT2D eigenvalue weighted by Gasteiger charge is -2.54. The molecule has 0 spiro atoms. The molecule has 14 heteroatoms. The normalized spacial score (nSPS) is 16.9. The summed E-state index contributed by atoms with van der Waals surface area (Å²) in [6.07, 6.45) is 2.14. The van der Waals surface area contributed by atoms with Gasteiger partial charge in [0, 0.05) is 45.2 Å². The van der Waals surface area contributed by atoms with E-state index < -0.39 is 63.6 Å². The van der Waals surface area contributed by atoms with Crippen molar-refractivity contribution in [3.05, 3.63) is 104 Å². The Morgan fingerprint density at radius 2 is 1.44 bits per heavy atom. The summed E-state index contributed by atoms with van der Waals surface area (Å²) in [7, 11) is 0. The van der Waals surface area contributed by atoms with Crippen LogP contribution in [-0.2, 0) is 22.6 Å². The smallest absolute Gasteiger partial charge is 0.257 e. The largest absolute Gasteiger partial charge is 0.489 e. The van der Waals surface area contributed by atoms with E-state index in [9.17, 15) is 31.5 Å². The monoisotopic (exact) mass is 712 g/mol. The standard InChI is InChI=1S/C34H35Cl2F5N4O3/c1-33(2)15-19(42)16-34(3,4)45(33)44-32(47)25(43-26(46)13-12-21-27(37)29(39)31(41)30(40)28(21)38)14-18-8-10-20(11-9-18)48-17-22-23(35)6-5-7-24(22)36/h5-13,19,25H,14-17,42H2,1-4H3,(H,43,46)(H,44,47)/b13-12+/t25-/m0/s1. The third-order valence-corrected chi connectivity index (χ3v) is 8.75. The summed E-state index contributed by atoms with van der Waals surface area (Å²) >= 11 is 12.4. The Hall–Kier alpha value is -3.71. The summed E-state index contributed by atoms with van der Waals surface area (Å²) in [5.41, 5.74) is 7.94. The fourth-order valence-electron chi connectivity index (χ4n) is 5.99. The molecule has 0 aliphatic carbocycles. The first kappa shape index (κ1) is 37.1. The van der Waals surface area contributed by atoms with Crippen LogP contribution in [0.1, 0.15) is 57.2 Å².